The van der Waals surface area contributed by atoms with Gasteiger partial charge in [0.05, 0.1) is 29.2 Å². The monoisotopic (exact) mass is 498 g/mol. The number of nitrogens with one attached hydrogen (secondary N) is 1. The number of aryl methyl sites for hydroxylation is 1. The van der Waals surface area contributed by atoms with Gasteiger partial charge in [-0.15, -0.1) is 0 Å². The Kier molecular flexibility index (Phi) is 8.37. The standard InChI is InChI=1S/C25H27ClN4O5/c1-15(2)13-29-16(3)28-24(17-5-4-6-21(10-17)30(34)35)22(25(29)33)11-23(32)27-12-19-9-20(26)8-7-18(19)14-31/h4-10,15,31H,11-14H2,1-3H3,(H,27,32). The summed E-state index contributed by atoms with van der Waals surface area (Å²) in [6, 6.07) is 10.8. The van der Waals surface area contributed by atoms with E-state index in [4.69, 9.17) is 11.6 Å². The van der Waals surface area contributed by atoms with Crippen LogP contribution in [0.1, 0.15) is 36.4 Å². The van der Waals surface area contributed by atoms with E-state index >= 15 is 0 Å². The van der Waals surface area contributed by atoms with Crippen LogP contribution in [0.5, 0.6) is 0 Å². The van der Waals surface area contributed by atoms with Crippen LogP contribution in [0.3, 0.4) is 0 Å². The van der Waals surface area contributed by atoms with Gasteiger partial charge in [-0.1, -0.05) is 43.6 Å². The molecule has 10 heteroatoms. The minimum atomic E-state index is -0.521. The summed E-state index contributed by atoms with van der Waals surface area (Å²) in [5.74, 6) is 0.193. The maximum atomic E-state index is 13.5. The Labute approximate surface area is 207 Å². The number of aromatic nitrogens is 2. The SMILES string of the molecule is Cc1nc(-c2cccc([N+](=O)[O-])c2)c(CC(=O)NCc2cc(Cl)ccc2CO)c(=O)n1CC(C)C. The van der Waals surface area contributed by atoms with Crippen LogP contribution in [0.25, 0.3) is 11.3 Å². The van der Waals surface area contributed by atoms with Crippen molar-refractivity contribution in [1.29, 1.82) is 0 Å². The largest absolute Gasteiger partial charge is 0.392 e. The smallest absolute Gasteiger partial charge is 0.270 e. The first-order chi connectivity index (χ1) is 16.6. The van der Waals surface area contributed by atoms with Gasteiger partial charge in [-0.25, -0.2) is 4.98 Å². The number of rotatable bonds is 9. The first kappa shape index (κ1) is 26.1. The van der Waals surface area contributed by atoms with E-state index in [2.05, 4.69) is 10.3 Å². The van der Waals surface area contributed by atoms with E-state index in [0.29, 0.717) is 34.1 Å². The Morgan fingerprint density at radius 2 is 1.97 bits per heavy atom. The summed E-state index contributed by atoms with van der Waals surface area (Å²) in [6.45, 7) is 5.96. The summed E-state index contributed by atoms with van der Waals surface area (Å²) >= 11 is 6.04. The molecular formula is C25H27ClN4O5. The predicted octanol–water partition coefficient (Wildman–Crippen LogP) is 3.79. The fraction of sp³-hybridized carbons (Fsp3) is 0.320. The lowest BCUT2D eigenvalue weighted by molar-refractivity contribution is -0.384. The van der Waals surface area contributed by atoms with E-state index in [1.54, 1.807) is 31.2 Å². The molecule has 35 heavy (non-hydrogen) atoms. The molecule has 0 aliphatic carbocycles. The topological polar surface area (TPSA) is 127 Å². The van der Waals surface area contributed by atoms with E-state index in [-0.39, 0.29) is 48.0 Å². The molecule has 0 bridgehead atoms. The lowest BCUT2D eigenvalue weighted by atomic mass is 10.0. The number of benzene rings is 2. The van der Waals surface area contributed by atoms with Gasteiger partial charge in [-0.05, 0) is 36.1 Å². The van der Waals surface area contributed by atoms with Crippen molar-refractivity contribution in [2.75, 3.05) is 0 Å². The average Bonchev–Trinajstić information content (AvgIpc) is 2.82. The van der Waals surface area contributed by atoms with Crippen molar-refractivity contribution in [1.82, 2.24) is 14.9 Å². The van der Waals surface area contributed by atoms with E-state index in [1.807, 2.05) is 13.8 Å². The second kappa shape index (κ2) is 11.2. The molecule has 0 unspecified atom stereocenters. The summed E-state index contributed by atoms with van der Waals surface area (Å²) in [4.78, 5) is 41.7. The van der Waals surface area contributed by atoms with Gasteiger partial charge >= 0.3 is 0 Å². The zero-order valence-electron chi connectivity index (χ0n) is 19.7. The molecule has 0 fully saturated rings. The van der Waals surface area contributed by atoms with Crippen molar-refractivity contribution in [2.24, 2.45) is 5.92 Å². The van der Waals surface area contributed by atoms with Gasteiger partial charge in [0, 0.05) is 35.8 Å². The zero-order chi connectivity index (χ0) is 25.7. The molecular weight excluding hydrogens is 472 g/mol. The fourth-order valence-corrected chi connectivity index (χ4v) is 3.97. The number of aliphatic hydroxyl groups is 1. The number of aliphatic hydroxyl groups excluding tert-OH is 1. The Morgan fingerprint density at radius 1 is 1.23 bits per heavy atom. The molecule has 0 saturated carbocycles. The van der Waals surface area contributed by atoms with E-state index in [9.17, 15) is 24.8 Å². The molecule has 0 aliphatic heterocycles. The third-order valence-electron chi connectivity index (χ3n) is 5.48. The van der Waals surface area contributed by atoms with Gasteiger partial charge in [0.15, 0.2) is 0 Å². The third kappa shape index (κ3) is 6.32. The molecule has 0 atom stereocenters. The van der Waals surface area contributed by atoms with Gasteiger partial charge in [0.25, 0.3) is 11.2 Å². The van der Waals surface area contributed by atoms with Crippen LogP contribution in [0.15, 0.2) is 47.3 Å². The maximum absolute atomic E-state index is 13.5. The lowest BCUT2D eigenvalue weighted by Gasteiger charge is -2.17. The summed E-state index contributed by atoms with van der Waals surface area (Å²) in [6.07, 6.45) is -0.267. The molecule has 2 N–H and O–H groups in total. The minimum Gasteiger partial charge on any atom is -0.392 e. The van der Waals surface area contributed by atoms with Crippen LogP contribution in [-0.2, 0) is 30.9 Å². The average molecular weight is 499 g/mol. The number of nitro benzene ring substituents is 1. The number of non-ortho nitro benzene ring substituents is 1. The van der Waals surface area contributed by atoms with Crippen molar-refractivity contribution >= 4 is 23.2 Å². The number of carbonyl (C=O) groups excluding carboxylic acids is 1. The van der Waals surface area contributed by atoms with Crippen LogP contribution < -0.4 is 10.9 Å². The predicted molar refractivity (Wildman–Crippen MR) is 133 cm³/mol. The number of hydrogen-bond acceptors (Lipinski definition) is 6. The highest BCUT2D eigenvalue weighted by molar-refractivity contribution is 6.30. The lowest BCUT2D eigenvalue weighted by Crippen LogP contribution is -2.33. The van der Waals surface area contributed by atoms with Crippen LogP contribution >= 0.6 is 11.6 Å². The number of amides is 1. The van der Waals surface area contributed by atoms with Crippen molar-refractivity contribution in [3.05, 3.63) is 90.5 Å². The minimum absolute atomic E-state index is 0.112. The van der Waals surface area contributed by atoms with Gasteiger partial charge in [-0.3, -0.25) is 24.3 Å². The molecule has 3 aromatic rings. The number of hydrogen-bond donors (Lipinski definition) is 2. The van der Waals surface area contributed by atoms with E-state index in [1.165, 1.54) is 22.8 Å². The van der Waals surface area contributed by atoms with Crippen LogP contribution in [-0.4, -0.2) is 25.5 Å². The Morgan fingerprint density at radius 3 is 2.63 bits per heavy atom. The van der Waals surface area contributed by atoms with Gasteiger partial charge in [-0.2, -0.15) is 0 Å². The van der Waals surface area contributed by atoms with Gasteiger partial charge < -0.3 is 10.4 Å². The van der Waals surface area contributed by atoms with Crippen molar-refractivity contribution in [2.45, 2.75) is 46.9 Å². The Hall–Kier alpha value is -3.56. The summed E-state index contributed by atoms with van der Waals surface area (Å²) < 4.78 is 1.52. The third-order valence-corrected chi connectivity index (χ3v) is 5.72. The van der Waals surface area contributed by atoms with Crippen molar-refractivity contribution in [3.8, 4) is 11.3 Å². The molecule has 0 aliphatic rings. The van der Waals surface area contributed by atoms with E-state index < -0.39 is 10.8 Å². The highest BCUT2D eigenvalue weighted by atomic mass is 35.5. The fourth-order valence-electron chi connectivity index (χ4n) is 3.78. The van der Waals surface area contributed by atoms with E-state index in [0.717, 1.165) is 0 Å². The van der Waals surface area contributed by atoms with Crippen molar-refractivity contribution < 1.29 is 14.8 Å². The number of nitrogens with zero attached hydrogens (tertiary/aromatic N) is 3. The van der Waals surface area contributed by atoms with Crippen molar-refractivity contribution in [3.63, 3.8) is 0 Å². The summed E-state index contributed by atoms with van der Waals surface area (Å²) in [5, 5.41) is 24.1. The molecule has 1 aromatic heterocycles. The normalized spacial score (nSPS) is 11.0. The van der Waals surface area contributed by atoms with Gasteiger partial charge in [0.1, 0.15) is 5.82 Å². The molecule has 0 saturated heterocycles. The Bertz CT molecular complexity index is 1320. The highest BCUT2D eigenvalue weighted by Crippen LogP contribution is 2.25. The summed E-state index contributed by atoms with van der Waals surface area (Å²) in [5.41, 5.74) is 1.57. The molecule has 3 rings (SSSR count). The molecule has 2 aromatic carbocycles. The molecule has 1 heterocycles. The van der Waals surface area contributed by atoms with Crippen LogP contribution in [0.2, 0.25) is 5.02 Å². The summed E-state index contributed by atoms with van der Waals surface area (Å²) in [7, 11) is 0. The molecule has 9 nitrogen and oxygen atoms in total. The van der Waals surface area contributed by atoms with Crippen LogP contribution in [0.4, 0.5) is 5.69 Å². The van der Waals surface area contributed by atoms with Gasteiger partial charge in [0.2, 0.25) is 5.91 Å². The number of carbonyl (C=O) groups is 1. The molecule has 0 radical (unpaired) electrons. The number of nitro groups is 1. The van der Waals surface area contributed by atoms with Crippen LogP contribution in [0, 0.1) is 23.0 Å². The zero-order valence-corrected chi connectivity index (χ0v) is 20.5. The molecule has 184 valence electrons. The first-order valence-electron chi connectivity index (χ1n) is 11.1. The quantitative estimate of drug-likeness (QED) is 0.341. The Balaban J connectivity index is 1.99. The maximum Gasteiger partial charge on any atom is 0.270 e. The molecule has 1 amide bonds. The molecule has 0 spiro atoms. The number of halogens is 1. The highest BCUT2D eigenvalue weighted by Gasteiger charge is 2.21. The first-order valence-corrected chi connectivity index (χ1v) is 11.5. The second-order valence-electron chi connectivity index (χ2n) is 8.63. The second-order valence-corrected chi connectivity index (χ2v) is 9.06.